The smallest absolute Gasteiger partial charge is 0.341 e. The standard InChI is InChI=1S/C23H27NO6/c1-23(5-6-23)21-10-14-9-20(30-8-4-7-28-2)19(29-3)11-15(14)17-12-18(25)16(22(26)27)13-24(17)21/h9,11-13,21H,4-8,10H2,1-3H3,(H,26,27)/t21-/m1/s1. The predicted molar refractivity (Wildman–Crippen MR) is 112 cm³/mol. The van der Waals surface area contributed by atoms with E-state index in [0.717, 1.165) is 42.5 Å². The van der Waals surface area contributed by atoms with Crippen LogP contribution in [0.3, 0.4) is 0 Å². The van der Waals surface area contributed by atoms with Gasteiger partial charge in [0.25, 0.3) is 0 Å². The number of pyridine rings is 1. The van der Waals surface area contributed by atoms with Gasteiger partial charge in [-0.3, -0.25) is 4.79 Å². The largest absolute Gasteiger partial charge is 0.493 e. The van der Waals surface area contributed by atoms with Gasteiger partial charge in [0, 0.05) is 44.0 Å². The third-order valence-corrected chi connectivity index (χ3v) is 6.32. The summed E-state index contributed by atoms with van der Waals surface area (Å²) in [6, 6.07) is 5.42. The Bertz CT molecular complexity index is 1040. The molecule has 30 heavy (non-hydrogen) atoms. The fourth-order valence-corrected chi connectivity index (χ4v) is 4.27. The molecule has 1 N–H and O–H groups in total. The molecule has 1 aliphatic carbocycles. The van der Waals surface area contributed by atoms with E-state index in [4.69, 9.17) is 14.2 Å². The Morgan fingerprint density at radius 2 is 1.97 bits per heavy atom. The number of aromatic nitrogens is 1. The number of nitrogens with zero attached hydrogens (tertiary/aromatic N) is 1. The lowest BCUT2D eigenvalue weighted by molar-refractivity contribution is 0.0694. The summed E-state index contributed by atoms with van der Waals surface area (Å²) in [7, 11) is 3.24. The maximum Gasteiger partial charge on any atom is 0.341 e. The van der Waals surface area contributed by atoms with Crippen LogP contribution in [-0.4, -0.2) is 43.1 Å². The van der Waals surface area contributed by atoms with Crippen molar-refractivity contribution in [3.63, 3.8) is 0 Å². The number of methoxy groups -OCH3 is 2. The fourth-order valence-electron chi connectivity index (χ4n) is 4.27. The zero-order valence-electron chi connectivity index (χ0n) is 17.6. The molecule has 1 aliphatic heterocycles. The normalized spacial score (nSPS) is 18.3. The minimum absolute atomic E-state index is 0.0911. The topological polar surface area (TPSA) is 87.0 Å². The van der Waals surface area contributed by atoms with E-state index >= 15 is 0 Å². The number of hydrogen-bond acceptors (Lipinski definition) is 5. The first-order valence-corrected chi connectivity index (χ1v) is 10.2. The fraction of sp³-hybridized carbons (Fsp3) is 0.478. The molecule has 1 atom stereocenters. The summed E-state index contributed by atoms with van der Waals surface area (Å²) in [6.45, 7) is 3.36. The molecule has 2 aliphatic rings. The summed E-state index contributed by atoms with van der Waals surface area (Å²) >= 11 is 0. The van der Waals surface area contributed by atoms with E-state index in [-0.39, 0.29) is 17.0 Å². The number of carboxylic acids is 1. The second-order valence-corrected chi connectivity index (χ2v) is 8.38. The van der Waals surface area contributed by atoms with Gasteiger partial charge in [-0.1, -0.05) is 6.92 Å². The molecule has 1 aromatic carbocycles. The highest BCUT2D eigenvalue weighted by molar-refractivity contribution is 5.88. The van der Waals surface area contributed by atoms with E-state index in [1.165, 1.54) is 12.3 Å². The molecule has 7 nitrogen and oxygen atoms in total. The number of carboxylic acid groups (broad SMARTS) is 1. The number of benzene rings is 1. The first-order valence-electron chi connectivity index (χ1n) is 10.2. The molecule has 4 rings (SSSR count). The van der Waals surface area contributed by atoms with Gasteiger partial charge < -0.3 is 23.9 Å². The van der Waals surface area contributed by atoms with E-state index in [0.29, 0.717) is 24.7 Å². The van der Waals surface area contributed by atoms with Crippen LogP contribution in [0.5, 0.6) is 11.5 Å². The van der Waals surface area contributed by atoms with Crippen LogP contribution in [0.2, 0.25) is 0 Å². The van der Waals surface area contributed by atoms with Crippen molar-refractivity contribution in [2.45, 2.75) is 38.6 Å². The zero-order chi connectivity index (χ0) is 21.5. The van der Waals surface area contributed by atoms with Gasteiger partial charge in [0.2, 0.25) is 0 Å². The van der Waals surface area contributed by atoms with Gasteiger partial charge in [-0.2, -0.15) is 0 Å². The Labute approximate surface area is 175 Å². The lowest BCUT2D eigenvalue weighted by atomic mass is 9.84. The third kappa shape index (κ3) is 3.58. The lowest BCUT2D eigenvalue weighted by Gasteiger charge is -2.35. The number of rotatable bonds is 8. The van der Waals surface area contributed by atoms with Crippen molar-refractivity contribution in [2.24, 2.45) is 5.41 Å². The molecule has 0 saturated heterocycles. The molecular formula is C23H27NO6. The molecular weight excluding hydrogens is 386 g/mol. The monoisotopic (exact) mass is 413 g/mol. The molecule has 1 aromatic heterocycles. The molecule has 1 fully saturated rings. The number of fused-ring (bicyclic) bond motifs is 3. The van der Waals surface area contributed by atoms with Crippen LogP contribution < -0.4 is 14.9 Å². The Morgan fingerprint density at radius 3 is 2.60 bits per heavy atom. The van der Waals surface area contributed by atoms with E-state index in [2.05, 4.69) is 6.92 Å². The molecule has 1 saturated carbocycles. The maximum atomic E-state index is 12.5. The highest BCUT2D eigenvalue weighted by Crippen LogP contribution is 2.57. The summed E-state index contributed by atoms with van der Waals surface area (Å²) in [5, 5.41) is 9.45. The summed E-state index contributed by atoms with van der Waals surface area (Å²) < 4.78 is 18.5. The Kier molecular flexibility index (Phi) is 5.32. The first-order chi connectivity index (χ1) is 14.4. The quantitative estimate of drug-likeness (QED) is 0.666. The summed E-state index contributed by atoms with van der Waals surface area (Å²) in [5.74, 6) is 0.0618. The van der Waals surface area contributed by atoms with Crippen LogP contribution in [0.1, 0.15) is 48.1 Å². The van der Waals surface area contributed by atoms with Gasteiger partial charge in [0.1, 0.15) is 5.56 Å². The summed E-state index contributed by atoms with van der Waals surface area (Å²) in [4.78, 5) is 24.0. The molecule has 0 unspecified atom stereocenters. The molecule has 7 heteroatoms. The average Bonchev–Trinajstić information content (AvgIpc) is 3.47. The van der Waals surface area contributed by atoms with E-state index in [1.54, 1.807) is 14.2 Å². The molecule has 160 valence electrons. The van der Waals surface area contributed by atoms with Crippen LogP contribution >= 0.6 is 0 Å². The van der Waals surface area contributed by atoms with Gasteiger partial charge in [-0.05, 0) is 42.4 Å². The van der Waals surface area contributed by atoms with Gasteiger partial charge in [0.05, 0.1) is 19.4 Å². The lowest BCUT2D eigenvalue weighted by Crippen LogP contribution is -2.29. The highest BCUT2D eigenvalue weighted by atomic mass is 16.5. The van der Waals surface area contributed by atoms with E-state index in [9.17, 15) is 14.7 Å². The minimum atomic E-state index is -1.20. The van der Waals surface area contributed by atoms with Crippen molar-refractivity contribution in [3.05, 3.63) is 45.7 Å². The first kappa shape index (κ1) is 20.5. The van der Waals surface area contributed by atoms with Crippen LogP contribution in [0.4, 0.5) is 0 Å². The number of hydrogen-bond donors (Lipinski definition) is 1. The molecule has 0 radical (unpaired) electrons. The second kappa shape index (κ2) is 7.80. The molecule has 0 bridgehead atoms. The van der Waals surface area contributed by atoms with Gasteiger partial charge in [-0.15, -0.1) is 0 Å². The second-order valence-electron chi connectivity index (χ2n) is 8.38. The number of carbonyl (C=O) groups is 1. The average molecular weight is 413 g/mol. The summed E-state index contributed by atoms with van der Waals surface area (Å²) in [6.07, 6.45) is 5.20. The van der Waals surface area contributed by atoms with Crippen molar-refractivity contribution in [3.8, 4) is 22.8 Å². The van der Waals surface area contributed by atoms with Gasteiger partial charge >= 0.3 is 5.97 Å². The SMILES string of the molecule is COCCCOc1cc2c(cc1OC)-c1cc(=O)c(C(=O)O)cn1[C@@H](C1(C)CC1)C2. The third-order valence-electron chi connectivity index (χ3n) is 6.32. The zero-order valence-corrected chi connectivity index (χ0v) is 17.6. The van der Waals surface area contributed by atoms with Crippen LogP contribution in [-0.2, 0) is 11.2 Å². The van der Waals surface area contributed by atoms with E-state index in [1.807, 2.05) is 16.7 Å². The molecule has 0 amide bonds. The molecule has 2 aromatic rings. The van der Waals surface area contributed by atoms with Crippen molar-refractivity contribution in [1.29, 1.82) is 0 Å². The van der Waals surface area contributed by atoms with E-state index < -0.39 is 11.4 Å². The van der Waals surface area contributed by atoms with Crippen molar-refractivity contribution < 1.29 is 24.1 Å². The van der Waals surface area contributed by atoms with Gasteiger partial charge in [0.15, 0.2) is 16.9 Å². The highest BCUT2D eigenvalue weighted by Gasteiger charge is 2.47. The predicted octanol–water partition coefficient (Wildman–Crippen LogP) is 3.53. The maximum absolute atomic E-state index is 12.5. The van der Waals surface area contributed by atoms with Crippen LogP contribution in [0.15, 0.2) is 29.2 Å². The molecule has 0 spiro atoms. The summed E-state index contributed by atoms with van der Waals surface area (Å²) in [5.41, 5.74) is 2.11. The van der Waals surface area contributed by atoms with Crippen molar-refractivity contribution in [2.75, 3.05) is 27.4 Å². The Hall–Kier alpha value is -2.80. The van der Waals surface area contributed by atoms with Crippen molar-refractivity contribution >= 4 is 5.97 Å². The van der Waals surface area contributed by atoms with Crippen LogP contribution in [0, 0.1) is 5.41 Å². The number of aromatic carboxylic acids is 1. The number of ether oxygens (including phenoxy) is 3. The Morgan fingerprint density at radius 1 is 1.20 bits per heavy atom. The molecule has 2 heterocycles. The Balaban J connectivity index is 1.81. The minimum Gasteiger partial charge on any atom is -0.493 e. The van der Waals surface area contributed by atoms with Crippen LogP contribution in [0.25, 0.3) is 11.3 Å². The van der Waals surface area contributed by atoms with Crippen molar-refractivity contribution in [1.82, 2.24) is 4.57 Å². The van der Waals surface area contributed by atoms with Gasteiger partial charge in [-0.25, -0.2) is 4.79 Å².